The van der Waals surface area contributed by atoms with Crippen LogP contribution < -0.4 is 11.1 Å². The van der Waals surface area contributed by atoms with Gasteiger partial charge in [-0.05, 0) is 43.1 Å². The fourth-order valence-corrected chi connectivity index (χ4v) is 4.77. The van der Waals surface area contributed by atoms with E-state index in [2.05, 4.69) is 27.3 Å². The smallest absolute Gasteiger partial charge is 0.263 e. The number of piperidine rings is 1. The molecule has 0 bridgehead atoms. The van der Waals surface area contributed by atoms with Gasteiger partial charge in [-0.3, -0.25) is 14.7 Å². The van der Waals surface area contributed by atoms with E-state index in [4.69, 9.17) is 10.7 Å². The molecule has 0 unspecified atom stereocenters. The van der Waals surface area contributed by atoms with E-state index < -0.39 is 0 Å². The molecule has 3 aromatic heterocycles. The number of hydrogen-bond acceptors (Lipinski definition) is 6. The molecule has 1 amide bonds. The number of fused-ring (bicyclic) bond motifs is 1. The van der Waals surface area contributed by atoms with E-state index in [1.165, 1.54) is 29.7 Å². The summed E-state index contributed by atoms with van der Waals surface area (Å²) in [5.74, 6) is -0.159. The van der Waals surface area contributed by atoms with Gasteiger partial charge in [0.1, 0.15) is 9.71 Å². The van der Waals surface area contributed by atoms with Crippen LogP contribution in [0.5, 0.6) is 0 Å². The number of carbonyl (C=O) groups excluding carboxylic acids is 1. The maximum Gasteiger partial charge on any atom is 0.263 e. The van der Waals surface area contributed by atoms with E-state index in [0.29, 0.717) is 10.6 Å². The molecule has 0 spiro atoms. The fraction of sp³-hybridized carbons (Fsp3) is 0.350. The summed E-state index contributed by atoms with van der Waals surface area (Å²) >= 11 is 1.36. The summed E-state index contributed by atoms with van der Waals surface area (Å²) in [4.78, 5) is 25.0. The van der Waals surface area contributed by atoms with Crippen molar-refractivity contribution >= 4 is 33.1 Å². The number of hydrogen-bond donors (Lipinski definition) is 2. The van der Waals surface area contributed by atoms with Gasteiger partial charge in [0, 0.05) is 31.4 Å². The number of thiophene rings is 1. The van der Waals surface area contributed by atoms with Crippen molar-refractivity contribution in [3.63, 3.8) is 0 Å². The first-order valence-corrected chi connectivity index (χ1v) is 10.0. The van der Waals surface area contributed by atoms with Gasteiger partial charge in [-0.25, -0.2) is 4.98 Å². The highest BCUT2D eigenvalue weighted by Crippen LogP contribution is 2.36. The van der Waals surface area contributed by atoms with Crippen LogP contribution in [0.3, 0.4) is 0 Å². The monoisotopic (exact) mass is 381 g/mol. The second kappa shape index (κ2) is 7.62. The molecule has 1 aliphatic rings. The van der Waals surface area contributed by atoms with Crippen molar-refractivity contribution in [3.05, 3.63) is 52.8 Å². The normalized spacial score (nSPS) is 17.9. The van der Waals surface area contributed by atoms with Crippen molar-refractivity contribution in [3.8, 4) is 0 Å². The number of amides is 1. The van der Waals surface area contributed by atoms with Crippen LogP contribution in [-0.4, -0.2) is 34.4 Å². The van der Waals surface area contributed by atoms with Crippen molar-refractivity contribution in [2.45, 2.75) is 31.8 Å². The number of carbonyl (C=O) groups is 1. The maximum atomic E-state index is 12.0. The zero-order valence-electron chi connectivity index (χ0n) is 15.3. The zero-order valence-corrected chi connectivity index (χ0v) is 16.1. The van der Waals surface area contributed by atoms with Gasteiger partial charge < -0.3 is 11.1 Å². The molecule has 3 aromatic rings. The average molecular weight is 382 g/mol. The lowest BCUT2D eigenvalue weighted by Crippen LogP contribution is -2.33. The van der Waals surface area contributed by atoms with Gasteiger partial charge in [-0.1, -0.05) is 12.5 Å². The Morgan fingerprint density at radius 3 is 3.04 bits per heavy atom. The molecule has 0 aliphatic carbocycles. The molecule has 7 heteroatoms. The molecule has 0 saturated carbocycles. The molecule has 1 aliphatic heterocycles. The lowest BCUT2D eigenvalue weighted by molar-refractivity contribution is 0.0968. The Labute approximate surface area is 162 Å². The van der Waals surface area contributed by atoms with Crippen molar-refractivity contribution < 1.29 is 4.79 Å². The molecule has 0 aromatic carbocycles. The third-order valence-corrected chi connectivity index (χ3v) is 6.23. The lowest BCUT2D eigenvalue weighted by Gasteiger charge is -2.35. The van der Waals surface area contributed by atoms with E-state index in [9.17, 15) is 4.79 Å². The molecule has 4 rings (SSSR count). The van der Waals surface area contributed by atoms with Crippen LogP contribution in [0.4, 0.5) is 5.69 Å². The van der Waals surface area contributed by atoms with Crippen LogP contribution >= 0.6 is 11.3 Å². The van der Waals surface area contributed by atoms with Crippen LogP contribution in [0.15, 0.2) is 36.7 Å². The standard InChI is InChI=1S/C20H23N5OS/c1-22-19(26)18-17(21)14-7-8-15(24-20(14)27-18)16-6-2-3-10-25(16)12-13-5-4-9-23-11-13/h4-5,7-9,11,16H,2-3,6,10,12,21H2,1H3,(H,22,26)/t16-/m1/s1. The summed E-state index contributed by atoms with van der Waals surface area (Å²) in [6.07, 6.45) is 7.22. The Balaban J connectivity index is 1.65. The molecule has 3 N–H and O–H groups in total. The van der Waals surface area contributed by atoms with Crippen LogP contribution in [0.1, 0.15) is 46.2 Å². The number of nitrogens with two attached hydrogens (primary N) is 1. The van der Waals surface area contributed by atoms with Gasteiger partial charge in [0.25, 0.3) is 5.91 Å². The molecule has 27 heavy (non-hydrogen) atoms. The van der Waals surface area contributed by atoms with Crippen molar-refractivity contribution in [2.75, 3.05) is 19.3 Å². The quantitative estimate of drug-likeness (QED) is 0.724. The molecular weight excluding hydrogens is 358 g/mol. The van der Waals surface area contributed by atoms with E-state index in [1.54, 1.807) is 13.2 Å². The van der Waals surface area contributed by atoms with Crippen molar-refractivity contribution in [2.24, 2.45) is 0 Å². The fourth-order valence-electron chi connectivity index (χ4n) is 3.72. The number of nitrogens with one attached hydrogen (secondary N) is 1. The highest BCUT2D eigenvalue weighted by Gasteiger charge is 2.26. The van der Waals surface area contributed by atoms with Crippen LogP contribution in [0.2, 0.25) is 0 Å². The number of pyridine rings is 2. The van der Waals surface area contributed by atoms with Gasteiger partial charge in [-0.15, -0.1) is 11.3 Å². The third kappa shape index (κ3) is 3.52. The van der Waals surface area contributed by atoms with Crippen LogP contribution in [0.25, 0.3) is 10.2 Å². The summed E-state index contributed by atoms with van der Waals surface area (Å²) < 4.78 is 0. The van der Waals surface area contributed by atoms with Crippen molar-refractivity contribution in [1.82, 2.24) is 20.2 Å². The number of nitrogen functional groups attached to an aromatic ring is 1. The molecule has 6 nitrogen and oxygen atoms in total. The summed E-state index contributed by atoms with van der Waals surface area (Å²) in [7, 11) is 1.61. The van der Waals surface area contributed by atoms with E-state index >= 15 is 0 Å². The third-order valence-electron chi connectivity index (χ3n) is 5.11. The minimum Gasteiger partial charge on any atom is -0.397 e. The van der Waals surface area contributed by atoms with Gasteiger partial charge in [0.05, 0.1) is 17.4 Å². The molecule has 140 valence electrons. The van der Waals surface area contributed by atoms with Gasteiger partial charge >= 0.3 is 0 Å². The summed E-state index contributed by atoms with van der Waals surface area (Å²) in [5, 5.41) is 3.50. The second-order valence-electron chi connectivity index (χ2n) is 6.86. The Hall–Kier alpha value is -2.51. The van der Waals surface area contributed by atoms with Crippen LogP contribution in [0, 0.1) is 0 Å². The first-order valence-electron chi connectivity index (χ1n) is 9.21. The van der Waals surface area contributed by atoms with Gasteiger partial charge in [0.2, 0.25) is 0 Å². The number of nitrogens with zero attached hydrogens (tertiary/aromatic N) is 3. The molecule has 1 atom stereocenters. The average Bonchev–Trinajstić information content (AvgIpc) is 3.04. The minimum absolute atomic E-state index is 0.159. The first-order chi connectivity index (χ1) is 13.2. The maximum absolute atomic E-state index is 12.0. The number of aromatic nitrogens is 2. The van der Waals surface area contributed by atoms with E-state index in [1.807, 2.05) is 18.3 Å². The van der Waals surface area contributed by atoms with E-state index in [-0.39, 0.29) is 11.9 Å². The Kier molecular flexibility index (Phi) is 5.05. The Bertz CT molecular complexity index is 956. The minimum atomic E-state index is -0.159. The predicted molar refractivity (Wildman–Crippen MR) is 109 cm³/mol. The van der Waals surface area contributed by atoms with Gasteiger partial charge in [-0.2, -0.15) is 0 Å². The van der Waals surface area contributed by atoms with E-state index in [0.717, 1.165) is 35.4 Å². The SMILES string of the molecule is CNC(=O)c1sc2nc([C@H]3CCCCN3Cc3cccnc3)ccc2c1N. The molecule has 4 heterocycles. The Morgan fingerprint density at radius 1 is 1.37 bits per heavy atom. The lowest BCUT2D eigenvalue weighted by atomic mass is 9.98. The summed E-state index contributed by atoms with van der Waals surface area (Å²) in [6, 6.07) is 8.44. The second-order valence-corrected chi connectivity index (χ2v) is 7.86. The topological polar surface area (TPSA) is 84.1 Å². The Morgan fingerprint density at radius 2 is 2.26 bits per heavy atom. The number of likely N-dealkylation sites (tertiary alicyclic amines) is 1. The first kappa shape index (κ1) is 17.9. The van der Waals surface area contributed by atoms with Crippen molar-refractivity contribution in [1.29, 1.82) is 0 Å². The molecule has 1 saturated heterocycles. The highest BCUT2D eigenvalue weighted by atomic mass is 32.1. The molecular formula is C20H23N5OS. The molecule has 1 fully saturated rings. The highest BCUT2D eigenvalue weighted by molar-refractivity contribution is 7.21. The number of rotatable bonds is 4. The largest absolute Gasteiger partial charge is 0.397 e. The number of anilines is 1. The van der Waals surface area contributed by atoms with Gasteiger partial charge in [0.15, 0.2) is 0 Å². The zero-order chi connectivity index (χ0) is 18.8. The van der Waals surface area contributed by atoms with Crippen LogP contribution in [-0.2, 0) is 6.54 Å². The summed E-state index contributed by atoms with van der Waals surface area (Å²) in [6.45, 7) is 1.92. The molecule has 0 radical (unpaired) electrons. The summed E-state index contributed by atoms with van der Waals surface area (Å²) in [5.41, 5.74) is 8.95. The predicted octanol–water partition coefficient (Wildman–Crippen LogP) is 3.36.